The van der Waals surface area contributed by atoms with E-state index in [0.717, 1.165) is 16.2 Å². The zero-order valence-corrected chi connectivity index (χ0v) is 16.6. The van der Waals surface area contributed by atoms with Crippen molar-refractivity contribution >= 4 is 34.5 Å². The fourth-order valence-corrected chi connectivity index (χ4v) is 3.83. The van der Waals surface area contributed by atoms with Crippen molar-refractivity contribution in [3.63, 3.8) is 0 Å². The van der Waals surface area contributed by atoms with E-state index in [1.807, 2.05) is 42.6 Å². The number of oxazole rings is 1. The predicted octanol–water partition coefficient (Wildman–Crippen LogP) is 4.48. The number of nitrogens with zero attached hydrogens (tertiary/aromatic N) is 2. The van der Waals surface area contributed by atoms with Gasteiger partial charge in [-0.15, -0.1) is 11.8 Å². The van der Waals surface area contributed by atoms with Crippen molar-refractivity contribution in [2.24, 2.45) is 0 Å². The van der Waals surface area contributed by atoms with E-state index in [1.54, 1.807) is 49.1 Å². The first-order chi connectivity index (χ1) is 14.1. The van der Waals surface area contributed by atoms with Crippen molar-refractivity contribution < 1.29 is 9.21 Å². The smallest absolute Gasteiger partial charge is 0.408 e. The Hall–Kier alpha value is -3.32. The maximum Gasteiger partial charge on any atom is 0.420 e. The Bertz CT molecular complexity index is 1180. The molecule has 1 unspecified atom stereocenters. The third-order valence-corrected chi connectivity index (χ3v) is 5.62. The molecule has 0 radical (unpaired) electrons. The molecule has 2 aromatic carbocycles. The third kappa shape index (κ3) is 4.25. The highest BCUT2D eigenvalue weighted by Crippen LogP contribution is 2.24. The molecule has 1 N–H and O–H groups in total. The zero-order valence-electron chi connectivity index (χ0n) is 15.7. The number of carbonyl (C=O) groups is 1. The van der Waals surface area contributed by atoms with Gasteiger partial charge >= 0.3 is 5.76 Å². The van der Waals surface area contributed by atoms with Gasteiger partial charge in [0.1, 0.15) is 6.04 Å². The van der Waals surface area contributed by atoms with Crippen LogP contribution in [0.5, 0.6) is 0 Å². The largest absolute Gasteiger partial charge is 0.420 e. The number of hydrogen-bond acceptors (Lipinski definition) is 5. The number of fused-ring (bicyclic) bond motifs is 1. The molecule has 29 heavy (non-hydrogen) atoms. The highest BCUT2D eigenvalue weighted by atomic mass is 32.2. The van der Waals surface area contributed by atoms with Crippen LogP contribution in [0.25, 0.3) is 11.1 Å². The summed E-state index contributed by atoms with van der Waals surface area (Å²) < 4.78 is 6.58. The van der Waals surface area contributed by atoms with E-state index in [4.69, 9.17) is 4.42 Å². The molecule has 7 heteroatoms. The molecule has 0 aliphatic rings. The number of hydrogen-bond donors (Lipinski definition) is 1. The van der Waals surface area contributed by atoms with Gasteiger partial charge in [-0.2, -0.15) is 0 Å². The van der Waals surface area contributed by atoms with Crippen molar-refractivity contribution in [1.82, 2.24) is 9.55 Å². The number of para-hydroxylation sites is 2. The molecule has 2 aromatic heterocycles. The van der Waals surface area contributed by atoms with Gasteiger partial charge in [0.05, 0.1) is 5.52 Å². The van der Waals surface area contributed by atoms with Crippen LogP contribution in [0.4, 0.5) is 5.69 Å². The lowest BCUT2D eigenvalue weighted by Crippen LogP contribution is -2.29. The Balaban J connectivity index is 1.42. The molecule has 0 aliphatic heterocycles. The number of aromatic nitrogens is 2. The molecule has 4 aromatic rings. The summed E-state index contributed by atoms with van der Waals surface area (Å²) in [6, 6.07) is 17.9. The molecule has 0 saturated heterocycles. The van der Waals surface area contributed by atoms with Crippen LogP contribution in [-0.2, 0) is 10.5 Å². The molecule has 2 heterocycles. The van der Waals surface area contributed by atoms with E-state index >= 15 is 0 Å². The number of pyridine rings is 1. The van der Waals surface area contributed by atoms with Gasteiger partial charge in [-0.3, -0.25) is 14.3 Å². The van der Waals surface area contributed by atoms with Crippen molar-refractivity contribution in [2.75, 3.05) is 5.32 Å². The number of amides is 1. The van der Waals surface area contributed by atoms with E-state index < -0.39 is 11.8 Å². The Morgan fingerprint density at radius 2 is 1.93 bits per heavy atom. The predicted molar refractivity (Wildman–Crippen MR) is 114 cm³/mol. The van der Waals surface area contributed by atoms with Crippen LogP contribution in [-0.4, -0.2) is 15.5 Å². The van der Waals surface area contributed by atoms with Crippen LogP contribution in [0.2, 0.25) is 0 Å². The Labute approximate surface area is 171 Å². The number of nitrogens with one attached hydrogen (secondary N) is 1. The number of benzene rings is 2. The van der Waals surface area contributed by atoms with E-state index in [-0.39, 0.29) is 5.91 Å². The minimum absolute atomic E-state index is 0.283. The van der Waals surface area contributed by atoms with E-state index in [1.165, 1.54) is 4.57 Å². The molecule has 6 nitrogen and oxygen atoms in total. The molecule has 1 amide bonds. The summed E-state index contributed by atoms with van der Waals surface area (Å²) in [5, 5.41) is 2.86. The number of rotatable bonds is 6. The molecule has 146 valence electrons. The van der Waals surface area contributed by atoms with Crippen LogP contribution in [0.3, 0.4) is 0 Å². The van der Waals surface area contributed by atoms with Gasteiger partial charge < -0.3 is 9.73 Å². The van der Waals surface area contributed by atoms with Crippen LogP contribution in [0, 0.1) is 0 Å². The minimum atomic E-state index is -0.703. The van der Waals surface area contributed by atoms with Crippen LogP contribution in [0.15, 0.2) is 87.2 Å². The summed E-state index contributed by atoms with van der Waals surface area (Å²) >= 11 is 1.70. The zero-order chi connectivity index (χ0) is 20.2. The second-order valence-electron chi connectivity index (χ2n) is 6.55. The summed E-state index contributed by atoms with van der Waals surface area (Å²) in [5.74, 6) is -0.00187. The number of thioether (sulfide) groups is 1. The molecule has 0 fully saturated rings. The lowest BCUT2D eigenvalue weighted by Gasteiger charge is -2.13. The summed E-state index contributed by atoms with van der Waals surface area (Å²) in [7, 11) is 0. The van der Waals surface area contributed by atoms with Gasteiger partial charge in [0.2, 0.25) is 5.91 Å². The quantitative estimate of drug-likeness (QED) is 0.479. The van der Waals surface area contributed by atoms with Crippen LogP contribution >= 0.6 is 11.8 Å². The first-order valence-corrected chi connectivity index (χ1v) is 10.1. The molecule has 1 atom stereocenters. The molecule has 4 rings (SSSR count). The van der Waals surface area contributed by atoms with Gasteiger partial charge in [-0.25, -0.2) is 4.79 Å². The summed E-state index contributed by atoms with van der Waals surface area (Å²) in [6.07, 6.45) is 3.61. The fourth-order valence-electron chi connectivity index (χ4n) is 3.00. The summed E-state index contributed by atoms with van der Waals surface area (Å²) in [6.45, 7) is 1.68. The van der Waals surface area contributed by atoms with E-state index in [0.29, 0.717) is 16.8 Å². The highest BCUT2D eigenvalue weighted by Gasteiger charge is 2.21. The second-order valence-corrected chi connectivity index (χ2v) is 7.59. The monoisotopic (exact) mass is 405 g/mol. The highest BCUT2D eigenvalue weighted by molar-refractivity contribution is 7.98. The molecular formula is C22H19N3O3S. The van der Waals surface area contributed by atoms with E-state index in [2.05, 4.69) is 10.3 Å². The fraction of sp³-hybridized carbons (Fsp3) is 0.136. The first-order valence-electron chi connectivity index (χ1n) is 9.14. The minimum Gasteiger partial charge on any atom is -0.408 e. The second kappa shape index (κ2) is 8.36. The van der Waals surface area contributed by atoms with Gasteiger partial charge in [0, 0.05) is 28.7 Å². The molecular weight excluding hydrogens is 386 g/mol. The average molecular weight is 405 g/mol. The van der Waals surface area contributed by atoms with Crippen molar-refractivity contribution in [3.8, 4) is 0 Å². The molecule has 0 bridgehead atoms. The van der Waals surface area contributed by atoms with E-state index in [9.17, 15) is 9.59 Å². The van der Waals surface area contributed by atoms with Gasteiger partial charge in [-0.05, 0) is 55.0 Å². The lowest BCUT2D eigenvalue weighted by molar-refractivity contribution is -0.118. The first kappa shape index (κ1) is 19.0. The Kier molecular flexibility index (Phi) is 5.48. The van der Waals surface area contributed by atoms with Gasteiger partial charge in [0.25, 0.3) is 0 Å². The summed E-state index contributed by atoms with van der Waals surface area (Å²) in [4.78, 5) is 30.1. The van der Waals surface area contributed by atoms with Crippen molar-refractivity contribution in [3.05, 3.63) is 89.2 Å². The van der Waals surface area contributed by atoms with Gasteiger partial charge in [-0.1, -0.05) is 18.2 Å². The third-order valence-electron chi connectivity index (χ3n) is 4.54. The lowest BCUT2D eigenvalue weighted by atomic mass is 10.2. The maximum atomic E-state index is 12.7. The standard InChI is InChI=1S/C22H19N3O3S/c1-15(25-19-6-2-3-7-20(19)28-22(25)27)21(26)24-17-8-10-18(11-9-17)29-14-16-5-4-12-23-13-16/h2-13,15H,14H2,1H3,(H,24,26). The Morgan fingerprint density at radius 3 is 2.69 bits per heavy atom. The maximum absolute atomic E-state index is 12.7. The average Bonchev–Trinajstić information content (AvgIpc) is 3.09. The number of anilines is 1. The van der Waals surface area contributed by atoms with Crippen LogP contribution in [0.1, 0.15) is 18.5 Å². The normalized spacial score (nSPS) is 12.0. The SMILES string of the molecule is CC(C(=O)Nc1ccc(SCc2cccnc2)cc1)n1c(=O)oc2ccccc21. The topological polar surface area (TPSA) is 77.1 Å². The molecule has 0 saturated carbocycles. The summed E-state index contributed by atoms with van der Waals surface area (Å²) in [5.41, 5.74) is 2.89. The van der Waals surface area contributed by atoms with Crippen molar-refractivity contribution in [1.29, 1.82) is 0 Å². The van der Waals surface area contributed by atoms with Crippen molar-refractivity contribution in [2.45, 2.75) is 23.6 Å². The van der Waals surface area contributed by atoms with Crippen LogP contribution < -0.4 is 11.1 Å². The molecule has 0 aliphatic carbocycles. The Morgan fingerprint density at radius 1 is 1.14 bits per heavy atom. The number of carbonyl (C=O) groups excluding carboxylic acids is 1. The van der Waals surface area contributed by atoms with Gasteiger partial charge in [0.15, 0.2) is 5.58 Å². The molecule has 0 spiro atoms.